The molecule has 2 aliphatic carbocycles. The summed E-state index contributed by atoms with van der Waals surface area (Å²) in [4.78, 5) is 37.3. The van der Waals surface area contributed by atoms with Crippen molar-refractivity contribution in [2.45, 2.75) is 140 Å². The van der Waals surface area contributed by atoms with Gasteiger partial charge in [0.15, 0.2) is 11.6 Å². The van der Waals surface area contributed by atoms with Crippen molar-refractivity contribution in [3.05, 3.63) is 139 Å². The average molecular weight is 964 g/mol. The molecule has 6 rings (SSSR count). The Hall–Kier alpha value is -5.13. The highest BCUT2D eigenvalue weighted by Gasteiger charge is 2.74. The van der Waals surface area contributed by atoms with Crippen molar-refractivity contribution in [3.8, 4) is 0 Å². The lowest BCUT2D eigenvalue weighted by molar-refractivity contribution is -0.349. The van der Waals surface area contributed by atoms with Crippen LogP contribution < -0.4 is 5.73 Å². The van der Waals surface area contributed by atoms with Gasteiger partial charge in [-0.2, -0.15) is 52.7 Å². The van der Waals surface area contributed by atoms with Crippen LogP contribution >= 0.6 is 0 Å². The van der Waals surface area contributed by atoms with E-state index in [1.165, 1.54) is 34.6 Å². The van der Waals surface area contributed by atoms with Gasteiger partial charge in [-0.1, -0.05) is 62.4 Å². The number of benzene rings is 4. The number of hydrogen-bond donors (Lipinski definition) is 1. The SMILES string of the molecule is CCc1cc(C(F)(C(F)(F)F)C(F)(F)F)cc(C)c1CC(=O)c1ccc2c(c1)CCC2CC(C)=O.CCc1cc(C(F)(C(F)(F)F)C(F)(F)F)cc(C)c1CC(=O)c1ccc2c(c1)CCC2N. The van der Waals surface area contributed by atoms with Crippen molar-refractivity contribution < 1.29 is 75.8 Å². The quantitative estimate of drug-likeness (QED) is 0.113. The van der Waals surface area contributed by atoms with Gasteiger partial charge in [0, 0.05) is 47.6 Å². The standard InChI is InChI=1S/C26H25F7O2.C23H22F7NO/c1-4-16-12-20(24(27,25(28,29)30)26(31,32)33)9-14(2)22(16)13-23(35)19-7-8-21-17(10-15(3)34)5-6-18(21)11-19;1-3-13-10-16(21(24,22(25,26)27)23(28,29)30)8-12(2)18(13)11-20(32)15-4-6-17-14(9-15)5-7-19(17)31/h7-9,11-12,17H,4-6,10,13H2,1-3H3;4,6,8-10,19H,3,5,7,11,31H2,1-2H3. The van der Waals surface area contributed by atoms with Gasteiger partial charge >= 0.3 is 36.0 Å². The molecule has 364 valence electrons. The molecule has 0 fully saturated rings. The second-order valence-corrected chi connectivity index (χ2v) is 17.2. The predicted octanol–water partition coefficient (Wildman–Crippen LogP) is 13.5. The third kappa shape index (κ3) is 10.3. The van der Waals surface area contributed by atoms with Crippen LogP contribution in [0.3, 0.4) is 0 Å². The van der Waals surface area contributed by atoms with E-state index in [-0.39, 0.29) is 82.8 Å². The Balaban J connectivity index is 0.000000252. The van der Waals surface area contributed by atoms with Gasteiger partial charge < -0.3 is 10.5 Å². The molecule has 2 unspecified atom stereocenters. The molecule has 0 spiro atoms. The minimum atomic E-state index is -6.20. The fourth-order valence-electron chi connectivity index (χ4n) is 9.08. The van der Waals surface area contributed by atoms with Crippen LogP contribution in [0.25, 0.3) is 0 Å². The molecular formula is C49H47F14NO3. The molecule has 4 nitrogen and oxygen atoms in total. The van der Waals surface area contributed by atoms with Crippen LogP contribution in [0, 0.1) is 13.8 Å². The molecule has 2 aliphatic rings. The fourth-order valence-corrected chi connectivity index (χ4v) is 9.08. The first-order valence-corrected chi connectivity index (χ1v) is 21.3. The Kier molecular flexibility index (Phi) is 15.1. The Morgan fingerprint density at radius 2 is 0.925 bits per heavy atom. The Bertz CT molecular complexity index is 2510. The number of halogens is 14. The summed E-state index contributed by atoms with van der Waals surface area (Å²) in [5.74, 6) is -0.526. The molecule has 0 heterocycles. The van der Waals surface area contributed by atoms with E-state index < -0.39 is 47.2 Å². The largest absolute Gasteiger partial charge is 0.435 e. The molecule has 0 radical (unpaired) electrons. The maximum absolute atomic E-state index is 14.6. The zero-order valence-electron chi connectivity index (χ0n) is 36.9. The summed E-state index contributed by atoms with van der Waals surface area (Å²) >= 11 is 0. The van der Waals surface area contributed by atoms with Gasteiger partial charge in [0.2, 0.25) is 0 Å². The van der Waals surface area contributed by atoms with Crippen LogP contribution in [0.15, 0.2) is 60.7 Å². The van der Waals surface area contributed by atoms with Crippen molar-refractivity contribution in [1.82, 2.24) is 0 Å². The summed E-state index contributed by atoms with van der Waals surface area (Å²) in [5.41, 5.74) is -2.86. The normalized spacial score (nSPS) is 16.6. The zero-order chi connectivity index (χ0) is 50.4. The minimum Gasteiger partial charge on any atom is -0.324 e. The van der Waals surface area contributed by atoms with E-state index in [0.717, 1.165) is 41.5 Å². The molecule has 4 aromatic rings. The molecular weight excluding hydrogens is 917 g/mol. The van der Waals surface area contributed by atoms with Crippen LogP contribution in [0.2, 0.25) is 0 Å². The number of ketones is 3. The maximum Gasteiger partial charge on any atom is 0.435 e. The fraction of sp³-hybridized carbons (Fsp3) is 0.449. The van der Waals surface area contributed by atoms with Gasteiger partial charge in [-0.05, 0) is 133 Å². The first-order valence-electron chi connectivity index (χ1n) is 21.3. The molecule has 2 N–H and O–H groups in total. The van der Waals surface area contributed by atoms with Gasteiger partial charge in [-0.3, -0.25) is 9.59 Å². The molecule has 18 heteroatoms. The van der Waals surface area contributed by atoms with Crippen molar-refractivity contribution in [2.75, 3.05) is 0 Å². The zero-order valence-corrected chi connectivity index (χ0v) is 36.9. The average Bonchev–Trinajstić information content (AvgIpc) is 3.80. The van der Waals surface area contributed by atoms with Crippen molar-refractivity contribution in [3.63, 3.8) is 0 Å². The van der Waals surface area contributed by atoms with E-state index in [1.807, 2.05) is 0 Å². The molecule has 0 aliphatic heterocycles. The lowest BCUT2D eigenvalue weighted by Gasteiger charge is -2.31. The Labute approximate surface area is 377 Å². The molecule has 0 saturated heterocycles. The van der Waals surface area contributed by atoms with E-state index >= 15 is 0 Å². The number of Topliss-reactive ketones (excluding diaryl/α,β-unsaturated/α-hetero) is 3. The maximum atomic E-state index is 14.6. The smallest absolute Gasteiger partial charge is 0.324 e. The number of rotatable bonds is 12. The van der Waals surface area contributed by atoms with Gasteiger partial charge in [0.1, 0.15) is 5.78 Å². The van der Waals surface area contributed by atoms with Gasteiger partial charge in [0.25, 0.3) is 0 Å². The molecule has 4 aromatic carbocycles. The summed E-state index contributed by atoms with van der Waals surface area (Å²) in [7, 11) is 0. The van der Waals surface area contributed by atoms with E-state index in [2.05, 4.69) is 0 Å². The van der Waals surface area contributed by atoms with E-state index in [4.69, 9.17) is 5.73 Å². The van der Waals surface area contributed by atoms with Crippen molar-refractivity contribution in [1.29, 1.82) is 0 Å². The molecule has 2 atom stereocenters. The minimum absolute atomic E-state index is 0.00796. The third-order valence-corrected chi connectivity index (χ3v) is 12.7. The number of nitrogens with two attached hydrogens (primary N) is 1. The highest BCUT2D eigenvalue weighted by atomic mass is 19.4. The van der Waals surface area contributed by atoms with E-state index in [1.54, 1.807) is 36.4 Å². The Morgan fingerprint density at radius 3 is 1.30 bits per heavy atom. The van der Waals surface area contributed by atoms with Crippen molar-refractivity contribution in [2.24, 2.45) is 5.73 Å². The van der Waals surface area contributed by atoms with Crippen LogP contribution in [0.1, 0.15) is 139 Å². The van der Waals surface area contributed by atoms with E-state index in [0.29, 0.717) is 53.8 Å². The second kappa shape index (κ2) is 19.1. The highest BCUT2D eigenvalue weighted by Crippen LogP contribution is 2.55. The van der Waals surface area contributed by atoms with E-state index in [9.17, 15) is 75.8 Å². The van der Waals surface area contributed by atoms with Crippen LogP contribution in [-0.4, -0.2) is 42.1 Å². The number of hydrogen-bond acceptors (Lipinski definition) is 4. The lowest BCUT2D eigenvalue weighted by Crippen LogP contribution is -2.50. The molecule has 0 aromatic heterocycles. The summed E-state index contributed by atoms with van der Waals surface area (Å²) in [6.07, 6.45) is -21.8. The van der Waals surface area contributed by atoms with Crippen LogP contribution in [0.4, 0.5) is 61.5 Å². The van der Waals surface area contributed by atoms with Crippen LogP contribution in [0.5, 0.6) is 0 Å². The molecule has 0 amide bonds. The summed E-state index contributed by atoms with van der Waals surface area (Å²) in [6.45, 7) is 7.10. The monoisotopic (exact) mass is 963 g/mol. The molecule has 67 heavy (non-hydrogen) atoms. The second-order valence-electron chi connectivity index (χ2n) is 17.2. The van der Waals surface area contributed by atoms with Crippen LogP contribution in [-0.2, 0) is 54.7 Å². The summed E-state index contributed by atoms with van der Waals surface area (Å²) in [5, 5.41) is 0. The number of alkyl halides is 14. The summed E-state index contributed by atoms with van der Waals surface area (Å²) in [6, 6.07) is 12.3. The number of aryl methyl sites for hydroxylation is 6. The summed E-state index contributed by atoms with van der Waals surface area (Å²) < 4.78 is 187. The molecule has 0 saturated carbocycles. The topological polar surface area (TPSA) is 77.2 Å². The van der Waals surface area contributed by atoms with Gasteiger partial charge in [0.05, 0.1) is 0 Å². The first-order chi connectivity index (χ1) is 30.8. The third-order valence-electron chi connectivity index (χ3n) is 12.7. The first kappa shape index (κ1) is 52.8. The number of fused-ring (bicyclic) bond motifs is 2. The molecule has 0 bridgehead atoms. The van der Waals surface area contributed by atoms with Gasteiger partial charge in [-0.15, -0.1) is 0 Å². The number of carbonyl (C=O) groups is 3. The van der Waals surface area contributed by atoms with Gasteiger partial charge in [-0.25, -0.2) is 8.78 Å². The highest BCUT2D eigenvalue weighted by molar-refractivity contribution is 5.99. The Morgan fingerprint density at radius 1 is 0.552 bits per heavy atom. The lowest BCUT2D eigenvalue weighted by atomic mass is 9.85. The number of carbonyl (C=O) groups excluding carboxylic acids is 3. The predicted molar refractivity (Wildman–Crippen MR) is 221 cm³/mol. The van der Waals surface area contributed by atoms with Crippen molar-refractivity contribution >= 4 is 17.3 Å².